The SMILES string of the molecule is [2H]C([2H])([2H])c1ccnc(-n2c3[c-]c(Sc4[c-]c(-n5[cH+]n(C(C)(C)C)c6ccccc65)ccc4)ccc3c3ccccc32)c1.[Pt]. The first-order chi connectivity index (χ1) is 20.6. The molecule has 4 nitrogen and oxygen atoms in total. The number of pyridine rings is 1. The van der Waals surface area contributed by atoms with E-state index in [9.17, 15) is 0 Å². The van der Waals surface area contributed by atoms with Gasteiger partial charge < -0.3 is 4.57 Å². The molecular formula is C35H29N4PtS-. The molecule has 6 heteroatoms. The maximum absolute atomic E-state index is 7.91. The van der Waals surface area contributed by atoms with Gasteiger partial charge in [-0.05, 0) is 68.9 Å². The van der Waals surface area contributed by atoms with Gasteiger partial charge in [0.1, 0.15) is 5.82 Å². The number of benzene rings is 4. The van der Waals surface area contributed by atoms with Crippen molar-refractivity contribution in [1.82, 2.24) is 18.7 Å². The molecule has 4 aromatic carbocycles. The molecule has 41 heavy (non-hydrogen) atoms. The molecule has 7 rings (SSSR count). The number of aromatic nitrogens is 4. The van der Waals surface area contributed by atoms with Crippen LogP contribution in [0.3, 0.4) is 0 Å². The van der Waals surface area contributed by atoms with Crippen molar-refractivity contribution in [2.75, 3.05) is 0 Å². The predicted molar refractivity (Wildman–Crippen MR) is 166 cm³/mol. The Morgan fingerprint density at radius 1 is 0.805 bits per heavy atom. The molecule has 0 fully saturated rings. The van der Waals surface area contributed by atoms with Crippen molar-refractivity contribution in [2.24, 2.45) is 0 Å². The third-order valence-corrected chi connectivity index (χ3v) is 8.03. The molecule has 0 bridgehead atoms. The van der Waals surface area contributed by atoms with Gasteiger partial charge in [-0.25, -0.2) is 14.1 Å². The van der Waals surface area contributed by atoms with E-state index in [2.05, 4.69) is 114 Å². The monoisotopic (exact) mass is 735 g/mol. The second kappa shape index (κ2) is 10.6. The van der Waals surface area contributed by atoms with Gasteiger partial charge in [-0.1, -0.05) is 34.7 Å². The van der Waals surface area contributed by atoms with E-state index in [-0.39, 0.29) is 32.2 Å². The minimum atomic E-state index is -2.22. The van der Waals surface area contributed by atoms with E-state index in [4.69, 9.17) is 4.11 Å². The minimum Gasteiger partial charge on any atom is -0.319 e. The molecule has 0 saturated carbocycles. The smallest absolute Gasteiger partial charge is 0.188 e. The van der Waals surface area contributed by atoms with Gasteiger partial charge in [-0.2, -0.15) is 24.3 Å². The Bertz CT molecular complexity index is 2160. The van der Waals surface area contributed by atoms with Crippen LogP contribution < -0.4 is 0 Å². The Hall–Kier alpha value is -3.66. The molecule has 7 aromatic rings. The summed E-state index contributed by atoms with van der Waals surface area (Å²) in [5.74, 6) is 0.554. The topological polar surface area (TPSA) is 27.7 Å². The molecule has 0 aliphatic heterocycles. The van der Waals surface area contributed by atoms with Gasteiger partial charge in [0.25, 0.3) is 0 Å². The standard InChI is InChI=1S/C35H29N4S.Pt/c1-24-18-19-36-34(20-24)39-30-13-6-5-12-28(30)29-17-16-27(22-33(29)39)40-26-11-9-10-25(21-26)37-23-38(35(2,3)4)32-15-8-7-14-31(32)37;/h5-20,23H,1-4H3;/q-1;/i1D3;. The number of hydrogen-bond acceptors (Lipinski definition) is 2. The molecule has 0 unspecified atom stereocenters. The van der Waals surface area contributed by atoms with Gasteiger partial charge >= 0.3 is 0 Å². The molecule has 0 radical (unpaired) electrons. The second-order valence-corrected chi connectivity index (χ2v) is 11.9. The van der Waals surface area contributed by atoms with Crippen molar-refractivity contribution in [2.45, 2.75) is 43.0 Å². The Kier molecular flexibility index (Phi) is 6.22. The van der Waals surface area contributed by atoms with Crippen molar-refractivity contribution in [1.29, 1.82) is 0 Å². The Labute approximate surface area is 263 Å². The summed E-state index contributed by atoms with van der Waals surface area (Å²) in [7, 11) is 0. The van der Waals surface area contributed by atoms with E-state index >= 15 is 0 Å². The number of aryl methyl sites for hydroxylation is 1. The van der Waals surface area contributed by atoms with Crippen LogP contribution in [0.4, 0.5) is 0 Å². The predicted octanol–water partition coefficient (Wildman–Crippen LogP) is 9.02. The zero-order valence-electron chi connectivity index (χ0n) is 25.8. The number of imidazole rings is 1. The summed E-state index contributed by atoms with van der Waals surface area (Å²) in [5.41, 5.74) is 5.24. The zero-order valence-corrected chi connectivity index (χ0v) is 25.9. The molecule has 3 aromatic heterocycles. The van der Waals surface area contributed by atoms with E-state index in [1.807, 2.05) is 22.8 Å². The van der Waals surface area contributed by atoms with E-state index < -0.39 is 6.85 Å². The first-order valence-corrected chi connectivity index (χ1v) is 14.0. The van der Waals surface area contributed by atoms with Crippen molar-refractivity contribution in [3.63, 3.8) is 0 Å². The minimum absolute atomic E-state index is 0. The van der Waals surface area contributed by atoms with Gasteiger partial charge in [0.15, 0.2) is 17.4 Å². The number of para-hydroxylation sites is 3. The van der Waals surface area contributed by atoms with Gasteiger partial charge in [0.2, 0.25) is 0 Å². The summed E-state index contributed by atoms with van der Waals surface area (Å²) in [5, 5.41) is 2.09. The molecule has 0 amide bonds. The van der Waals surface area contributed by atoms with Gasteiger partial charge in [-0.15, -0.1) is 34.2 Å². The largest absolute Gasteiger partial charge is 0.319 e. The van der Waals surface area contributed by atoms with Crippen molar-refractivity contribution >= 4 is 44.6 Å². The third kappa shape index (κ3) is 4.92. The van der Waals surface area contributed by atoms with E-state index in [1.165, 1.54) is 5.52 Å². The average Bonchev–Trinajstić information content (AvgIpc) is 3.53. The summed E-state index contributed by atoms with van der Waals surface area (Å²) >= 11 is 1.60. The van der Waals surface area contributed by atoms with Crippen molar-refractivity contribution in [3.8, 4) is 11.5 Å². The Morgan fingerprint density at radius 2 is 1.56 bits per heavy atom. The van der Waals surface area contributed by atoms with Crippen LogP contribution >= 0.6 is 11.8 Å². The summed E-state index contributed by atoms with van der Waals surface area (Å²) in [4.78, 5) is 6.47. The first-order valence-electron chi connectivity index (χ1n) is 14.7. The molecule has 0 N–H and O–H groups in total. The second-order valence-electron chi connectivity index (χ2n) is 10.9. The summed E-state index contributed by atoms with van der Waals surface area (Å²) in [6.07, 6.45) is 3.72. The average molecular weight is 736 g/mol. The van der Waals surface area contributed by atoms with E-state index in [0.29, 0.717) is 5.82 Å². The zero-order chi connectivity index (χ0) is 29.9. The maximum Gasteiger partial charge on any atom is 0.188 e. The molecule has 3 heterocycles. The first kappa shape index (κ1) is 24.0. The van der Waals surface area contributed by atoms with Crippen LogP contribution in [0.2, 0.25) is 0 Å². The molecule has 0 saturated heterocycles. The summed E-state index contributed by atoms with van der Waals surface area (Å²) in [6.45, 7) is 4.40. The van der Waals surface area contributed by atoms with Crippen molar-refractivity contribution < 1.29 is 25.2 Å². The van der Waals surface area contributed by atoms with E-state index in [1.54, 1.807) is 30.1 Å². The van der Waals surface area contributed by atoms with Crippen LogP contribution in [0.5, 0.6) is 0 Å². The Balaban J connectivity index is 0.00000343. The van der Waals surface area contributed by atoms with Crippen LogP contribution in [-0.2, 0) is 26.6 Å². The number of hydrogen-bond donors (Lipinski definition) is 0. The molecular weight excluding hydrogens is 704 g/mol. The molecule has 0 aliphatic carbocycles. The number of nitrogens with zero attached hydrogens (tertiary/aromatic N) is 4. The van der Waals surface area contributed by atoms with Crippen LogP contribution in [0.15, 0.2) is 113 Å². The fourth-order valence-corrected chi connectivity index (χ4v) is 6.13. The van der Waals surface area contributed by atoms with Gasteiger partial charge in [-0.3, -0.25) is 0 Å². The number of fused-ring (bicyclic) bond motifs is 4. The van der Waals surface area contributed by atoms with Gasteiger partial charge in [0.05, 0.1) is 5.54 Å². The Morgan fingerprint density at radius 3 is 2.37 bits per heavy atom. The number of rotatable bonds is 4. The van der Waals surface area contributed by atoms with Crippen LogP contribution in [0.25, 0.3) is 44.3 Å². The molecule has 0 aliphatic rings. The summed E-state index contributed by atoms with van der Waals surface area (Å²) < 4.78 is 30.2. The van der Waals surface area contributed by atoms with Crippen LogP contribution in [0.1, 0.15) is 30.4 Å². The molecule has 0 spiro atoms. The van der Waals surface area contributed by atoms with E-state index in [0.717, 1.165) is 42.8 Å². The van der Waals surface area contributed by atoms with Gasteiger partial charge in [0, 0.05) is 54.7 Å². The van der Waals surface area contributed by atoms with Crippen LogP contribution in [-0.4, -0.2) is 18.7 Å². The normalized spacial score (nSPS) is 13.2. The fourth-order valence-electron chi connectivity index (χ4n) is 5.31. The molecule has 206 valence electrons. The summed E-state index contributed by atoms with van der Waals surface area (Å²) in [6, 6.07) is 37.4. The maximum atomic E-state index is 7.91. The van der Waals surface area contributed by atoms with Crippen LogP contribution in [0, 0.1) is 19.0 Å². The third-order valence-electron chi connectivity index (χ3n) is 7.12. The quantitative estimate of drug-likeness (QED) is 0.169. The van der Waals surface area contributed by atoms with Crippen molar-refractivity contribution in [3.05, 3.63) is 121 Å². The molecule has 0 atom stereocenters. The fraction of sp³-hybridized carbons (Fsp3) is 0.143.